The van der Waals surface area contributed by atoms with E-state index >= 15 is 0 Å². The predicted molar refractivity (Wildman–Crippen MR) is 73.0 cm³/mol. The molecule has 0 spiro atoms. The number of aromatic amines is 1. The first-order valence-electron chi connectivity index (χ1n) is 5.73. The van der Waals surface area contributed by atoms with Crippen LogP contribution in [-0.4, -0.2) is 27.0 Å². The topological polar surface area (TPSA) is 66.5 Å². The van der Waals surface area contributed by atoms with Gasteiger partial charge in [-0.1, -0.05) is 20.8 Å². The van der Waals surface area contributed by atoms with Crippen LogP contribution in [0.1, 0.15) is 26.6 Å². The highest BCUT2D eigenvalue weighted by Crippen LogP contribution is 2.27. The predicted octanol–water partition coefficient (Wildman–Crippen LogP) is 2.69. The van der Waals surface area contributed by atoms with Gasteiger partial charge in [-0.2, -0.15) is 0 Å². The van der Waals surface area contributed by atoms with Crippen LogP contribution in [0.3, 0.4) is 0 Å². The molecule has 96 valence electrons. The second kappa shape index (κ2) is 4.97. The van der Waals surface area contributed by atoms with Crippen molar-refractivity contribution < 1.29 is 0 Å². The molecular formula is C12H17N5S. The number of H-pyrrole nitrogens is 1. The molecule has 0 amide bonds. The molecule has 0 radical (unpaired) electrons. The van der Waals surface area contributed by atoms with E-state index < -0.39 is 0 Å². The molecule has 0 atom stereocenters. The summed E-state index contributed by atoms with van der Waals surface area (Å²) in [7, 11) is 1.86. The van der Waals surface area contributed by atoms with Gasteiger partial charge in [0.15, 0.2) is 5.16 Å². The largest absolute Gasteiger partial charge is 0.373 e. The van der Waals surface area contributed by atoms with E-state index in [4.69, 9.17) is 0 Å². The molecule has 0 saturated carbocycles. The number of nitrogens with zero attached hydrogens (tertiary/aromatic N) is 3. The Kier molecular flexibility index (Phi) is 3.56. The second-order valence-electron chi connectivity index (χ2n) is 4.91. The van der Waals surface area contributed by atoms with Crippen LogP contribution >= 0.6 is 11.8 Å². The summed E-state index contributed by atoms with van der Waals surface area (Å²) in [5, 5.41) is 4.78. The highest BCUT2D eigenvalue weighted by Gasteiger charge is 2.19. The number of aromatic nitrogens is 4. The lowest BCUT2D eigenvalue weighted by Crippen LogP contribution is -2.17. The molecule has 0 aliphatic heterocycles. The maximum atomic E-state index is 4.58. The van der Waals surface area contributed by atoms with E-state index in [1.54, 1.807) is 12.4 Å². The molecule has 0 aliphatic rings. The third-order valence-corrected chi connectivity index (χ3v) is 3.14. The summed E-state index contributed by atoms with van der Waals surface area (Å²) in [6, 6.07) is 1.92. The van der Waals surface area contributed by atoms with Crippen molar-refractivity contribution in [2.45, 2.75) is 36.4 Å². The first kappa shape index (κ1) is 12.9. The van der Waals surface area contributed by atoms with Crippen molar-refractivity contribution in [1.82, 2.24) is 19.9 Å². The first-order chi connectivity index (χ1) is 8.49. The van der Waals surface area contributed by atoms with Crippen molar-refractivity contribution in [2.24, 2.45) is 0 Å². The molecule has 0 aliphatic carbocycles. The monoisotopic (exact) mass is 263 g/mol. The van der Waals surface area contributed by atoms with Gasteiger partial charge in [0.05, 0.1) is 0 Å². The molecule has 0 fully saturated rings. The Hall–Kier alpha value is -1.56. The number of hydrogen-bond acceptors (Lipinski definition) is 5. The minimum Gasteiger partial charge on any atom is -0.373 e. The summed E-state index contributed by atoms with van der Waals surface area (Å²) in [6.07, 6.45) is 3.53. The van der Waals surface area contributed by atoms with Crippen molar-refractivity contribution in [2.75, 3.05) is 12.4 Å². The van der Waals surface area contributed by atoms with Gasteiger partial charge >= 0.3 is 0 Å². The highest BCUT2D eigenvalue weighted by molar-refractivity contribution is 7.99. The summed E-state index contributed by atoms with van der Waals surface area (Å²) in [5.74, 6) is 1.65. The Morgan fingerprint density at radius 3 is 2.61 bits per heavy atom. The van der Waals surface area contributed by atoms with E-state index in [0.29, 0.717) is 0 Å². The summed E-state index contributed by atoms with van der Waals surface area (Å²) >= 11 is 1.50. The second-order valence-corrected chi connectivity index (χ2v) is 5.92. The molecule has 2 heterocycles. The maximum Gasteiger partial charge on any atom is 0.171 e. The molecule has 2 rings (SSSR count). The van der Waals surface area contributed by atoms with E-state index in [1.807, 2.05) is 13.1 Å². The van der Waals surface area contributed by atoms with Crippen molar-refractivity contribution in [3.63, 3.8) is 0 Å². The van der Waals surface area contributed by atoms with Crippen LogP contribution in [0.2, 0.25) is 0 Å². The quantitative estimate of drug-likeness (QED) is 0.833. The van der Waals surface area contributed by atoms with Gasteiger partial charge < -0.3 is 10.3 Å². The Balaban J connectivity index is 2.35. The zero-order valence-electron chi connectivity index (χ0n) is 11.0. The maximum absolute atomic E-state index is 4.58. The number of hydrogen-bond donors (Lipinski definition) is 2. The summed E-state index contributed by atoms with van der Waals surface area (Å²) in [6.45, 7) is 6.30. The standard InChI is InChI=1S/C12H17N5S/c1-12(2,3)10-16-8(13-4)7-9(17-10)18-11-14-5-6-15-11/h5-7H,1-4H3,(H,14,15)(H,13,16,17). The smallest absolute Gasteiger partial charge is 0.171 e. The van der Waals surface area contributed by atoms with Gasteiger partial charge in [0.2, 0.25) is 0 Å². The Bertz CT molecular complexity index is 516. The number of imidazole rings is 1. The van der Waals surface area contributed by atoms with Crippen molar-refractivity contribution in [3.05, 3.63) is 24.3 Å². The molecule has 6 heteroatoms. The fourth-order valence-electron chi connectivity index (χ4n) is 1.35. The fourth-order valence-corrected chi connectivity index (χ4v) is 2.09. The van der Waals surface area contributed by atoms with E-state index in [0.717, 1.165) is 21.8 Å². The lowest BCUT2D eigenvalue weighted by molar-refractivity contribution is 0.539. The van der Waals surface area contributed by atoms with Crippen LogP contribution in [0.5, 0.6) is 0 Å². The van der Waals surface area contributed by atoms with Gasteiger partial charge in [0.25, 0.3) is 0 Å². The van der Waals surface area contributed by atoms with Crippen LogP contribution in [0.4, 0.5) is 5.82 Å². The Morgan fingerprint density at radius 2 is 2.06 bits per heavy atom. The summed E-state index contributed by atoms with van der Waals surface area (Å²) in [4.78, 5) is 16.3. The highest BCUT2D eigenvalue weighted by atomic mass is 32.2. The molecule has 0 unspecified atom stereocenters. The fraction of sp³-hybridized carbons (Fsp3) is 0.417. The summed E-state index contributed by atoms with van der Waals surface area (Å²) < 4.78 is 0. The Morgan fingerprint density at radius 1 is 1.28 bits per heavy atom. The lowest BCUT2D eigenvalue weighted by Gasteiger charge is -2.18. The molecule has 2 aromatic rings. The Labute approximate surface area is 111 Å². The minimum atomic E-state index is -0.0780. The van der Waals surface area contributed by atoms with Crippen molar-refractivity contribution in [3.8, 4) is 0 Å². The number of anilines is 1. The van der Waals surface area contributed by atoms with Crippen LogP contribution in [0.25, 0.3) is 0 Å². The third-order valence-electron chi connectivity index (χ3n) is 2.30. The van der Waals surface area contributed by atoms with Gasteiger partial charge in [-0.25, -0.2) is 15.0 Å². The van der Waals surface area contributed by atoms with Crippen LogP contribution in [-0.2, 0) is 5.41 Å². The molecule has 0 saturated heterocycles. The van der Waals surface area contributed by atoms with Crippen LogP contribution < -0.4 is 5.32 Å². The summed E-state index contributed by atoms with van der Waals surface area (Å²) in [5.41, 5.74) is -0.0780. The van der Waals surface area contributed by atoms with Gasteiger partial charge in [-0.15, -0.1) is 0 Å². The zero-order chi connectivity index (χ0) is 13.2. The van der Waals surface area contributed by atoms with Crippen LogP contribution in [0, 0.1) is 0 Å². The van der Waals surface area contributed by atoms with Crippen LogP contribution in [0.15, 0.2) is 28.6 Å². The molecule has 5 nitrogen and oxygen atoms in total. The molecule has 2 N–H and O–H groups in total. The normalized spacial score (nSPS) is 11.6. The van der Waals surface area contributed by atoms with Crippen molar-refractivity contribution >= 4 is 17.6 Å². The lowest BCUT2D eigenvalue weighted by atomic mass is 9.96. The van der Waals surface area contributed by atoms with E-state index in [9.17, 15) is 0 Å². The first-order valence-corrected chi connectivity index (χ1v) is 6.55. The third kappa shape index (κ3) is 3.01. The van der Waals surface area contributed by atoms with Gasteiger partial charge in [-0.3, -0.25) is 0 Å². The SMILES string of the molecule is CNc1cc(Sc2ncc[nH]2)nc(C(C)(C)C)n1. The van der Waals surface area contributed by atoms with E-state index in [2.05, 4.69) is 46.0 Å². The molecule has 0 bridgehead atoms. The molecule has 0 aromatic carbocycles. The van der Waals surface area contributed by atoms with Crippen molar-refractivity contribution in [1.29, 1.82) is 0 Å². The van der Waals surface area contributed by atoms with Gasteiger partial charge in [0, 0.05) is 30.9 Å². The average Bonchev–Trinajstić information content (AvgIpc) is 2.80. The number of rotatable bonds is 3. The van der Waals surface area contributed by atoms with E-state index in [1.165, 1.54) is 11.8 Å². The van der Waals surface area contributed by atoms with E-state index in [-0.39, 0.29) is 5.41 Å². The van der Waals surface area contributed by atoms with Gasteiger partial charge in [0.1, 0.15) is 16.7 Å². The number of nitrogens with one attached hydrogen (secondary N) is 2. The zero-order valence-corrected chi connectivity index (χ0v) is 11.8. The molecular weight excluding hydrogens is 246 g/mol. The minimum absolute atomic E-state index is 0.0780. The molecule has 2 aromatic heterocycles. The van der Waals surface area contributed by atoms with Gasteiger partial charge in [-0.05, 0) is 11.8 Å². The average molecular weight is 263 g/mol. The molecule has 18 heavy (non-hydrogen) atoms.